The molecule has 0 spiro atoms. The summed E-state index contributed by atoms with van der Waals surface area (Å²) in [6.07, 6.45) is 8.46. The zero-order valence-corrected chi connectivity index (χ0v) is 22.0. The van der Waals surface area contributed by atoms with Crippen LogP contribution in [0.3, 0.4) is 0 Å². The minimum Gasteiger partial charge on any atom is -0.452 e. The van der Waals surface area contributed by atoms with E-state index < -0.39 is 0 Å². The zero-order chi connectivity index (χ0) is 26.9. The van der Waals surface area contributed by atoms with Gasteiger partial charge in [-0.2, -0.15) is 0 Å². The Morgan fingerprint density at radius 3 is 2.07 bits per heavy atom. The third kappa shape index (κ3) is 3.34. The highest BCUT2D eigenvalue weighted by Gasteiger charge is 2.37. The maximum Gasteiger partial charge on any atom is 0.332 e. The highest BCUT2D eigenvalue weighted by atomic mass is 16.4. The first-order valence-corrected chi connectivity index (χ1v) is 13.8. The smallest absolute Gasteiger partial charge is 0.332 e. The second kappa shape index (κ2) is 8.51. The Morgan fingerprint density at radius 2 is 1.24 bits per heavy atom. The lowest BCUT2D eigenvalue weighted by Crippen LogP contribution is -2.26. The first-order chi connectivity index (χ1) is 20.3. The van der Waals surface area contributed by atoms with Gasteiger partial charge < -0.3 is 8.83 Å². The summed E-state index contributed by atoms with van der Waals surface area (Å²) >= 11 is 0. The molecule has 7 aromatic rings. The molecule has 3 heterocycles. The van der Waals surface area contributed by atoms with E-state index in [0.717, 1.165) is 77.8 Å². The summed E-state index contributed by atoms with van der Waals surface area (Å²) in [5.41, 5.74) is 8.88. The molecule has 4 heteroatoms. The number of benzene rings is 5. The van der Waals surface area contributed by atoms with Crippen LogP contribution in [-0.4, -0.2) is 22.2 Å². The van der Waals surface area contributed by atoms with Crippen LogP contribution in [0, 0.1) is 0 Å². The van der Waals surface area contributed by atoms with E-state index in [4.69, 9.17) is 13.8 Å². The topological polar surface area (TPSA) is 41.6 Å². The number of furan rings is 2. The fourth-order valence-electron chi connectivity index (χ4n) is 6.23. The van der Waals surface area contributed by atoms with Crippen molar-refractivity contribution in [3.8, 4) is 11.1 Å². The molecule has 4 nitrogen and oxygen atoms in total. The van der Waals surface area contributed by atoms with Gasteiger partial charge in [0.15, 0.2) is 17.2 Å². The molecule has 192 valence electrons. The van der Waals surface area contributed by atoms with Crippen molar-refractivity contribution in [2.24, 2.45) is 4.99 Å². The van der Waals surface area contributed by atoms with Crippen molar-refractivity contribution in [1.29, 1.82) is 0 Å². The van der Waals surface area contributed by atoms with Gasteiger partial charge in [0.1, 0.15) is 16.9 Å². The summed E-state index contributed by atoms with van der Waals surface area (Å²) in [7, 11) is 0. The van der Waals surface area contributed by atoms with Gasteiger partial charge in [0, 0.05) is 21.5 Å². The molecule has 1 aliphatic carbocycles. The molecule has 2 aromatic heterocycles. The van der Waals surface area contributed by atoms with E-state index in [1.54, 1.807) is 0 Å². The van der Waals surface area contributed by atoms with E-state index >= 15 is 0 Å². The van der Waals surface area contributed by atoms with Crippen molar-refractivity contribution in [3.63, 3.8) is 0 Å². The molecule has 41 heavy (non-hydrogen) atoms. The van der Waals surface area contributed by atoms with Crippen molar-refractivity contribution < 1.29 is 13.4 Å². The molecule has 1 atom stereocenters. The molecule has 1 aliphatic heterocycles. The van der Waals surface area contributed by atoms with Crippen LogP contribution in [0.2, 0.25) is 0 Å². The first kappa shape index (κ1) is 22.3. The van der Waals surface area contributed by atoms with E-state index in [1.807, 2.05) is 24.3 Å². The lowest BCUT2D eigenvalue weighted by Gasteiger charge is -2.12. The van der Waals surface area contributed by atoms with Crippen molar-refractivity contribution in [3.05, 3.63) is 139 Å². The van der Waals surface area contributed by atoms with E-state index in [2.05, 4.69) is 114 Å². The monoisotopic (exact) mass is 527 g/mol. The molecule has 0 radical (unpaired) electrons. The summed E-state index contributed by atoms with van der Waals surface area (Å²) in [6, 6.07) is 38.1. The Morgan fingerprint density at radius 1 is 0.561 bits per heavy atom. The molecular formula is C37H23N2O2+. The predicted octanol–water partition coefficient (Wildman–Crippen LogP) is 9.19. The highest BCUT2D eigenvalue weighted by Crippen LogP contribution is 2.39. The van der Waals surface area contributed by atoms with Gasteiger partial charge >= 0.3 is 5.84 Å². The van der Waals surface area contributed by atoms with Crippen LogP contribution >= 0.6 is 0 Å². The molecule has 0 N–H and O–H groups in total. The minimum atomic E-state index is 0.104. The Labute approximate surface area is 235 Å². The third-order valence-corrected chi connectivity index (χ3v) is 8.21. The Bertz CT molecular complexity index is 2290. The molecule has 0 amide bonds. The van der Waals surface area contributed by atoms with Crippen LogP contribution in [0.5, 0.6) is 0 Å². The number of fused-ring (bicyclic) bond motifs is 8. The molecule has 0 saturated carbocycles. The fourth-order valence-corrected chi connectivity index (χ4v) is 6.23. The van der Waals surface area contributed by atoms with Crippen LogP contribution < -0.4 is 0 Å². The van der Waals surface area contributed by atoms with Gasteiger partial charge in [0.25, 0.3) is 0 Å². The fraction of sp³-hybridized carbons (Fsp3) is 0.0270. The second-order valence-electron chi connectivity index (χ2n) is 10.6. The average molecular weight is 528 g/mol. The lowest BCUT2D eigenvalue weighted by molar-refractivity contribution is -0.447. The maximum atomic E-state index is 6.34. The van der Waals surface area contributed by atoms with Gasteiger partial charge in [-0.15, -0.1) is 0 Å². The summed E-state index contributed by atoms with van der Waals surface area (Å²) < 4.78 is 14.9. The molecule has 1 unspecified atom stereocenters. The number of rotatable bonds is 3. The van der Waals surface area contributed by atoms with Gasteiger partial charge in [0.05, 0.1) is 5.56 Å². The van der Waals surface area contributed by atoms with E-state index in [-0.39, 0.29) is 6.04 Å². The zero-order valence-electron chi connectivity index (χ0n) is 22.0. The summed E-state index contributed by atoms with van der Waals surface area (Å²) in [5.74, 6) is 0.963. The highest BCUT2D eigenvalue weighted by molar-refractivity contribution is 6.19. The predicted molar refractivity (Wildman–Crippen MR) is 166 cm³/mol. The summed E-state index contributed by atoms with van der Waals surface area (Å²) in [5, 5.41) is 4.32. The normalized spacial score (nSPS) is 16.4. The van der Waals surface area contributed by atoms with Crippen LogP contribution in [-0.2, 0) is 0 Å². The summed E-state index contributed by atoms with van der Waals surface area (Å²) in [6.45, 7) is 0. The van der Waals surface area contributed by atoms with Gasteiger partial charge in [0.2, 0.25) is 5.71 Å². The van der Waals surface area contributed by atoms with Gasteiger partial charge in [-0.25, -0.2) is 4.58 Å². The van der Waals surface area contributed by atoms with Gasteiger partial charge in [-0.3, -0.25) is 0 Å². The number of allylic oxidation sites excluding steroid dienone is 2. The summed E-state index contributed by atoms with van der Waals surface area (Å²) in [4.78, 5) is 5.05. The second-order valence-corrected chi connectivity index (χ2v) is 10.6. The van der Waals surface area contributed by atoms with Crippen molar-refractivity contribution in [2.75, 3.05) is 0 Å². The van der Waals surface area contributed by atoms with Crippen molar-refractivity contribution in [2.45, 2.75) is 6.04 Å². The molecule has 5 aromatic carbocycles. The number of para-hydroxylation sites is 2. The van der Waals surface area contributed by atoms with E-state index in [0.29, 0.717) is 0 Å². The first-order valence-electron chi connectivity index (χ1n) is 13.8. The molecule has 0 bridgehead atoms. The molecule has 0 saturated heterocycles. The van der Waals surface area contributed by atoms with Gasteiger partial charge in [-0.1, -0.05) is 66.7 Å². The van der Waals surface area contributed by atoms with E-state index in [1.165, 1.54) is 0 Å². The Balaban J connectivity index is 1.14. The SMILES string of the molecule is C1=CC2=NC(c3ccc(-c4ccc5oc6c(ccc7c8ccccc8oc76)c5c4)cc3)=[N+](c3ccccc3)C2C=C1. The van der Waals surface area contributed by atoms with Crippen molar-refractivity contribution >= 4 is 61.1 Å². The molecule has 9 rings (SSSR count). The number of aliphatic imine (C=N–C) groups is 1. The number of amidine groups is 1. The third-order valence-electron chi connectivity index (χ3n) is 8.21. The Hall–Kier alpha value is -5.48. The molecule has 2 aliphatic rings. The maximum absolute atomic E-state index is 6.34. The van der Waals surface area contributed by atoms with Crippen molar-refractivity contribution in [1.82, 2.24) is 0 Å². The number of hydrogen-bond acceptors (Lipinski definition) is 3. The average Bonchev–Trinajstić information content (AvgIpc) is 3.72. The largest absolute Gasteiger partial charge is 0.452 e. The van der Waals surface area contributed by atoms with Crippen LogP contribution in [0.1, 0.15) is 5.56 Å². The number of nitrogens with zero attached hydrogens (tertiary/aromatic N) is 2. The molecular weight excluding hydrogens is 504 g/mol. The molecule has 0 fully saturated rings. The van der Waals surface area contributed by atoms with E-state index in [9.17, 15) is 0 Å². The van der Waals surface area contributed by atoms with Crippen LogP contribution in [0.15, 0.2) is 147 Å². The Kier molecular flexibility index (Phi) is 4.64. The standard InChI is InChI=1S/C37H23N2O2/c1-2-8-26(9-3-1)39-32-12-6-5-11-31(32)38-37(39)24-16-14-23(15-17-24)25-18-21-34-30(22-25)29-20-19-28-27-10-4-7-13-33(27)40-35(28)36(29)41-34/h1-22,32H/q+1. The van der Waals surface area contributed by atoms with Crippen LogP contribution in [0.4, 0.5) is 5.69 Å². The lowest BCUT2D eigenvalue weighted by atomic mass is 10.0. The quantitative estimate of drug-likeness (QED) is 0.215. The minimum absolute atomic E-state index is 0.104. The number of hydrogen-bond donors (Lipinski definition) is 0. The van der Waals surface area contributed by atoms with Crippen LogP contribution in [0.25, 0.3) is 55.0 Å². The van der Waals surface area contributed by atoms with Gasteiger partial charge in [-0.05, 0) is 82.9 Å².